The Morgan fingerprint density at radius 2 is 2.21 bits per heavy atom. The average molecular weight is 204 g/mol. The highest BCUT2D eigenvalue weighted by atomic mass is 19.4. The van der Waals surface area contributed by atoms with Crippen molar-refractivity contribution in [2.24, 2.45) is 5.92 Å². The quantitative estimate of drug-likeness (QED) is 0.634. The maximum absolute atomic E-state index is 12.3. The first-order valence-electron chi connectivity index (χ1n) is 4.60. The van der Waals surface area contributed by atoms with Crippen LogP contribution in [0.25, 0.3) is 0 Å². The minimum atomic E-state index is -4.31. The first-order chi connectivity index (χ1) is 6.47. The van der Waals surface area contributed by atoms with Crippen LogP contribution in [0.15, 0.2) is 6.20 Å². The molecule has 1 aromatic heterocycles. The maximum atomic E-state index is 12.3. The average Bonchev–Trinajstić information content (AvgIpc) is 2.45. The molecule has 0 amide bonds. The van der Waals surface area contributed by atoms with E-state index in [-0.39, 0.29) is 0 Å². The van der Waals surface area contributed by atoms with E-state index >= 15 is 0 Å². The van der Waals surface area contributed by atoms with Gasteiger partial charge in [-0.1, -0.05) is 6.92 Å². The Balaban J connectivity index is 2.32. The summed E-state index contributed by atoms with van der Waals surface area (Å²) >= 11 is 0. The largest absolute Gasteiger partial charge is 0.434 e. The van der Waals surface area contributed by atoms with Crippen LogP contribution in [0, 0.1) is 5.92 Å². The number of rotatable bonds is 0. The molecule has 0 saturated carbocycles. The minimum Gasteiger partial charge on any atom is -0.334 e. The van der Waals surface area contributed by atoms with Crippen molar-refractivity contribution in [3.8, 4) is 0 Å². The standard InChI is InChI=1S/C9H11F3N2/c1-6-2-3-14-5-7(9(10,11)12)13-8(14)4-6/h5-6H,2-4H2,1H3. The topological polar surface area (TPSA) is 17.8 Å². The Labute approximate surface area is 79.8 Å². The molecule has 0 saturated heterocycles. The summed E-state index contributed by atoms with van der Waals surface area (Å²) in [5.41, 5.74) is -0.762. The lowest BCUT2D eigenvalue weighted by molar-refractivity contribution is -0.141. The summed E-state index contributed by atoms with van der Waals surface area (Å²) in [6.45, 7) is 2.69. The molecule has 0 radical (unpaired) electrons. The molecule has 1 unspecified atom stereocenters. The highest BCUT2D eigenvalue weighted by Gasteiger charge is 2.35. The zero-order valence-corrected chi connectivity index (χ0v) is 7.80. The number of imidazole rings is 1. The number of nitrogens with zero attached hydrogens (tertiary/aromatic N) is 2. The van der Waals surface area contributed by atoms with Crippen LogP contribution in [0.1, 0.15) is 24.9 Å². The van der Waals surface area contributed by atoms with E-state index in [0.717, 1.165) is 12.6 Å². The van der Waals surface area contributed by atoms with Gasteiger partial charge in [-0.3, -0.25) is 0 Å². The fourth-order valence-corrected chi connectivity index (χ4v) is 1.72. The Morgan fingerprint density at radius 3 is 2.86 bits per heavy atom. The van der Waals surface area contributed by atoms with Crippen molar-refractivity contribution in [1.29, 1.82) is 0 Å². The van der Waals surface area contributed by atoms with Gasteiger partial charge in [-0.2, -0.15) is 13.2 Å². The summed E-state index contributed by atoms with van der Waals surface area (Å²) in [7, 11) is 0. The number of alkyl halides is 3. The van der Waals surface area contributed by atoms with E-state index < -0.39 is 11.9 Å². The molecule has 2 heterocycles. The van der Waals surface area contributed by atoms with Gasteiger partial charge in [0.1, 0.15) is 5.82 Å². The first kappa shape index (κ1) is 9.55. The molecule has 0 N–H and O–H groups in total. The number of hydrogen-bond donors (Lipinski definition) is 0. The van der Waals surface area contributed by atoms with Crippen LogP contribution in [0.2, 0.25) is 0 Å². The highest BCUT2D eigenvalue weighted by molar-refractivity contribution is 5.09. The molecule has 1 aliphatic heterocycles. The molecule has 1 atom stereocenters. The van der Waals surface area contributed by atoms with Crippen LogP contribution in [-0.4, -0.2) is 9.55 Å². The van der Waals surface area contributed by atoms with Crippen molar-refractivity contribution >= 4 is 0 Å². The van der Waals surface area contributed by atoms with Crippen molar-refractivity contribution in [2.75, 3.05) is 0 Å². The van der Waals surface area contributed by atoms with Crippen molar-refractivity contribution in [1.82, 2.24) is 9.55 Å². The maximum Gasteiger partial charge on any atom is 0.434 e. The number of halogens is 3. The van der Waals surface area contributed by atoms with E-state index in [1.807, 2.05) is 6.92 Å². The van der Waals surface area contributed by atoms with Crippen molar-refractivity contribution in [2.45, 2.75) is 32.5 Å². The monoisotopic (exact) mass is 204 g/mol. The van der Waals surface area contributed by atoms with Crippen molar-refractivity contribution in [3.63, 3.8) is 0 Å². The molecule has 0 aromatic carbocycles. The predicted molar refractivity (Wildman–Crippen MR) is 44.7 cm³/mol. The fraction of sp³-hybridized carbons (Fsp3) is 0.667. The number of hydrogen-bond acceptors (Lipinski definition) is 1. The second-order valence-corrected chi connectivity index (χ2v) is 3.83. The van der Waals surface area contributed by atoms with Gasteiger partial charge in [-0.15, -0.1) is 0 Å². The van der Waals surface area contributed by atoms with E-state index in [0.29, 0.717) is 24.7 Å². The SMILES string of the molecule is CC1CCn2cc(C(F)(F)F)nc2C1. The molecule has 14 heavy (non-hydrogen) atoms. The van der Waals surface area contributed by atoms with Crippen LogP contribution < -0.4 is 0 Å². The van der Waals surface area contributed by atoms with Gasteiger partial charge in [0.15, 0.2) is 5.69 Å². The van der Waals surface area contributed by atoms with Gasteiger partial charge in [-0.25, -0.2) is 4.98 Å². The molecule has 2 rings (SSSR count). The summed E-state index contributed by atoms with van der Waals surface area (Å²) in [5.74, 6) is 1.00. The smallest absolute Gasteiger partial charge is 0.334 e. The normalized spacial score (nSPS) is 22.1. The first-order valence-corrected chi connectivity index (χ1v) is 4.60. The molecule has 1 aliphatic rings. The van der Waals surface area contributed by atoms with Crippen LogP contribution in [-0.2, 0) is 19.1 Å². The second-order valence-electron chi connectivity index (χ2n) is 3.83. The molecular formula is C9H11F3N2. The zero-order chi connectivity index (χ0) is 10.3. The second kappa shape index (κ2) is 3.00. The summed E-state index contributed by atoms with van der Waals surface area (Å²) in [6.07, 6.45) is -1.62. The van der Waals surface area contributed by atoms with E-state index in [2.05, 4.69) is 4.98 Å². The van der Waals surface area contributed by atoms with Gasteiger partial charge < -0.3 is 4.57 Å². The third-order valence-corrected chi connectivity index (χ3v) is 2.54. The highest BCUT2D eigenvalue weighted by Crippen LogP contribution is 2.30. The third kappa shape index (κ3) is 1.63. The van der Waals surface area contributed by atoms with E-state index in [1.54, 1.807) is 4.57 Å². The molecular weight excluding hydrogens is 193 g/mol. The number of aromatic nitrogens is 2. The van der Waals surface area contributed by atoms with Gasteiger partial charge in [0, 0.05) is 19.2 Å². The zero-order valence-electron chi connectivity index (χ0n) is 7.80. The Hall–Kier alpha value is -1.00. The van der Waals surface area contributed by atoms with E-state index in [9.17, 15) is 13.2 Å². The van der Waals surface area contributed by atoms with E-state index in [1.165, 1.54) is 0 Å². The van der Waals surface area contributed by atoms with Gasteiger partial charge in [0.2, 0.25) is 0 Å². The summed E-state index contributed by atoms with van der Waals surface area (Å²) in [5, 5.41) is 0. The molecule has 1 aromatic rings. The molecule has 5 heteroatoms. The van der Waals surface area contributed by atoms with Gasteiger partial charge in [-0.05, 0) is 12.3 Å². The van der Waals surface area contributed by atoms with Crippen LogP contribution >= 0.6 is 0 Å². The molecule has 0 aliphatic carbocycles. The molecule has 0 spiro atoms. The lowest BCUT2D eigenvalue weighted by atomic mass is 10.0. The molecule has 2 nitrogen and oxygen atoms in total. The molecule has 78 valence electrons. The van der Waals surface area contributed by atoms with Crippen molar-refractivity contribution in [3.05, 3.63) is 17.7 Å². The Kier molecular flexibility index (Phi) is 2.05. The number of aryl methyl sites for hydroxylation is 1. The van der Waals surface area contributed by atoms with Gasteiger partial charge >= 0.3 is 6.18 Å². The lowest BCUT2D eigenvalue weighted by Crippen LogP contribution is -2.16. The number of fused-ring (bicyclic) bond motifs is 1. The van der Waals surface area contributed by atoms with Gasteiger partial charge in [0.05, 0.1) is 0 Å². The molecule has 0 fully saturated rings. The van der Waals surface area contributed by atoms with Crippen LogP contribution in [0.3, 0.4) is 0 Å². The van der Waals surface area contributed by atoms with E-state index in [4.69, 9.17) is 0 Å². The lowest BCUT2D eigenvalue weighted by Gasteiger charge is -2.18. The third-order valence-electron chi connectivity index (χ3n) is 2.54. The summed E-state index contributed by atoms with van der Waals surface area (Å²) in [6, 6.07) is 0. The Morgan fingerprint density at radius 1 is 1.50 bits per heavy atom. The molecule has 0 bridgehead atoms. The predicted octanol–water partition coefficient (Wildman–Crippen LogP) is 2.48. The Bertz CT molecular complexity index is 340. The van der Waals surface area contributed by atoms with Crippen molar-refractivity contribution < 1.29 is 13.2 Å². The van der Waals surface area contributed by atoms with Crippen LogP contribution in [0.4, 0.5) is 13.2 Å². The van der Waals surface area contributed by atoms with Gasteiger partial charge in [0.25, 0.3) is 0 Å². The summed E-state index contributed by atoms with van der Waals surface area (Å²) in [4.78, 5) is 3.61. The fourth-order valence-electron chi connectivity index (χ4n) is 1.72. The van der Waals surface area contributed by atoms with Crippen LogP contribution in [0.5, 0.6) is 0 Å². The minimum absolute atomic E-state index is 0.436. The summed E-state index contributed by atoms with van der Waals surface area (Å²) < 4.78 is 38.5.